The first-order valence-electron chi connectivity index (χ1n) is 7.11. The highest BCUT2D eigenvalue weighted by Crippen LogP contribution is 2.29. The van der Waals surface area contributed by atoms with Crippen LogP contribution in [-0.2, 0) is 14.3 Å². The predicted molar refractivity (Wildman–Crippen MR) is 74.5 cm³/mol. The van der Waals surface area contributed by atoms with Gasteiger partial charge < -0.3 is 26.2 Å². The predicted octanol–water partition coefficient (Wildman–Crippen LogP) is -0.321. The van der Waals surface area contributed by atoms with E-state index >= 15 is 0 Å². The highest BCUT2D eigenvalue weighted by molar-refractivity contribution is 5.75. The SMILES string of the molecule is NC(=O)COCCNC(=O)NCC1CCCCC1C(=O)O. The first-order valence-corrected chi connectivity index (χ1v) is 7.11. The molecule has 1 aliphatic rings. The minimum atomic E-state index is -0.790. The summed E-state index contributed by atoms with van der Waals surface area (Å²) in [6.07, 6.45) is 3.42. The van der Waals surface area contributed by atoms with Crippen LogP contribution in [-0.4, -0.2) is 49.3 Å². The number of ether oxygens (including phenoxy) is 1. The molecule has 0 aromatic carbocycles. The lowest BCUT2D eigenvalue weighted by atomic mass is 9.79. The Morgan fingerprint density at radius 1 is 1.19 bits per heavy atom. The monoisotopic (exact) mass is 301 g/mol. The summed E-state index contributed by atoms with van der Waals surface area (Å²) < 4.78 is 4.89. The number of carboxylic acid groups (broad SMARTS) is 1. The molecule has 3 amide bonds. The van der Waals surface area contributed by atoms with E-state index in [-0.39, 0.29) is 37.6 Å². The van der Waals surface area contributed by atoms with Gasteiger partial charge in [-0.1, -0.05) is 12.8 Å². The van der Waals surface area contributed by atoms with Gasteiger partial charge >= 0.3 is 12.0 Å². The van der Waals surface area contributed by atoms with Crippen molar-refractivity contribution in [3.05, 3.63) is 0 Å². The zero-order valence-corrected chi connectivity index (χ0v) is 12.0. The number of nitrogens with two attached hydrogens (primary N) is 1. The van der Waals surface area contributed by atoms with Crippen LogP contribution < -0.4 is 16.4 Å². The molecule has 0 aromatic rings. The van der Waals surface area contributed by atoms with Gasteiger partial charge in [-0.05, 0) is 18.8 Å². The molecule has 0 saturated heterocycles. The van der Waals surface area contributed by atoms with E-state index in [4.69, 9.17) is 15.6 Å². The van der Waals surface area contributed by atoms with Gasteiger partial charge in [0.15, 0.2) is 0 Å². The second-order valence-electron chi connectivity index (χ2n) is 5.14. The number of carboxylic acids is 1. The van der Waals surface area contributed by atoms with Gasteiger partial charge in [0.2, 0.25) is 5.91 Å². The molecule has 8 nitrogen and oxygen atoms in total. The second-order valence-corrected chi connectivity index (χ2v) is 5.14. The number of amides is 3. The number of primary amides is 1. The number of carbonyl (C=O) groups excluding carboxylic acids is 2. The van der Waals surface area contributed by atoms with Crippen LogP contribution >= 0.6 is 0 Å². The van der Waals surface area contributed by atoms with Crippen LogP contribution in [0.1, 0.15) is 25.7 Å². The maximum atomic E-state index is 11.5. The molecule has 1 fully saturated rings. The highest BCUT2D eigenvalue weighted by Gasteiger charge is 2.30. The maximum absolute atomic E-state index is 11.5. The summed E-state index contributed by atoms with van der Waals surface area (Å²) >= 11 is 0. The molecule has 0 heterocycles. The van der Waals surface area contributed by atoms with Crippen molar-refractivity contribution in [1.82, 2.24) is 10.6 Å². The lowest BCUT2D eigenvalue weighted by Crippen LogP contribution is -2.42. The van der Waals surface area contributed by atoms with E-state index in [2.05, 4.69) is 10.6 Å². The van der Waals surface area contributed by atoms with E-state index in [0.29, 0.717) is 13.0 Å². The normalized spacial score (nSPS) is 21.5. The molecule has 5 N–H and O–H groups in total. The molecule has 1 saturated carbocycles. The van der Waals surface area contributed by atoms with E-state index < -0.39 is 11.9 Å². The highest BCUT2D eigenvalue weighted by atomic mass is 16.5. The molecular formula is C13H23N3O5. The fraction of sp³-hybridized carbons (Fsp3) is 0.769. The number of rotatable bonds is 8. The summed E-state index contributed by atoms with van der Waals surface area (Å²) in [4.78, 5) is 33.1. The zero-order valence-electron chi connectivity index (χ0n) is 12.0. The van der Waals surface area contributed by atoms with Gasteiger partial charge in [0.25, 0.3) is 0 Å². The lowest BCUT2D eigenvalue weighted by Gasteiger charge is -2.28. The van der Waals surface area contributed by atoms with Gasteiger partial charge in [-0.15, -0.1) is 0 Å². The quantitative estimate of drug-likeness (QED) is 0.456. The standard InChI is InChI=1S/C13H23N3O5/c14-11(17)8-21-6-5-15-13(20)16-7-9-3-1-2-4-10(9)12(18)19/h9-10H,1-8H2,(H2,14,17)(H,18,19)(H2,15,16,20). The van der Waals surface area contributed by atoms with Crippen LogP contribution in [0.15, 0.2) is 0 Å². The van der Waals surface area contributed by atoms with Crippen molar-refractivity contribution in [2.45, 2.75) is 25.7 Å². The van der Waals surface area contributed by atoms with Crippen LogP contribution in [0.5, 0.6) is 0 Å². The van der Waals surface area contributed by atoms with Crippen LogP contribution in [0.4, 0.5) is 4.79 Å². The summed E-state index contributed by atoms with van der Waals surface area (Å²) in [5.74, 6) is -1.75. The molecule has 8 heteroatoms. The first-order chi connectivity index (χ1) is 10.0. The Morgan fingerprint density at radius 3 is 2.57 bits per heavy atom. The topological polar surface area (TPSA) is 131 Å². The zero-order chi connectivity index (χ0) is 15.7. The third-order valence-electron chi connectivity index (χ3n) is 3.53. The Morgan fingerprint density at radius 2 is 1.90 bits per heavy atom. The number of aliphatic carboxylic acids is 1. The molecular weight excluding hydrogens is 278 g/mol. The number of nitrogens with one attached hydrogen (secondary N) is 2. The van der Waals surface area contributed by atoms with E-state index in [1.807, 2.05) is 0 Å². The van der Waals surface area contributed by atoms with Gasteiger partial charge in [-0.3, -0.25) is 9.59 Å². The van der Waals surface area contributed by atoms with Crippen LogP contribution in [0.2, 0.25) is 0 Å². The van der Waals surface area contributed by atoms with E-state index in [9.17, 15) is 14.4 Å². The van der Waals surface area contributed by atoms with E-state index in [1.54, 1.807) is 0 Å². The average Bonchev–Trinajstić information content (AvgIpc) is 2.44. The smallest absolute Gasteiger partial charge is 0.314 e. The molecule has 0 aliphatic heterocycles. The van der Waals surface area contributed by atoms with Crippen LogP contribution in [0, 0.1) is 11.8 Å². The third-order valence-corrected chi connectivity index (χ3v) is 3.53. The molecule has 1 rings (SSSR count). The fourth-order valence-electron chi connectivity index (χ4n) is 2.47. The van der Waals surface area contributed by atoms with Crippen molar-refractivity contribution in [2.75, 3.05) is 26.3 Å². The Kier molecular flexibility index (Phi) is 7.52. The first kappa shape index (κ1) is 17.2. The Labute approximate surface area is 123 Å². The largest absolute Gasteiger partial charge is 0.481 e. The van der Waals surface area contributed by atoms with Crippen molar-refractivity contribution in [1.29, 1.82) is 0 Å². The van der Waals surface area contributed by atoms with Gasteiger partial charge in [-0.2, -0.15) is 0 Å². The summed E-state index contributed by atoms with van der Waals surface area (Å²) in [5, 5.41) is 14.4. The Hall–Kier alpha value is -1.83. The minimum Gasteiger partial charge on any atom is -0.481 e. The van der Waals surface area contributed by atoms with Gasteiger partial charge in [0.1, 0.15) is 6.61 Å². The minimum absolute atomic E-state index is 0.0203. The number of carbonyl (C=O) groups is 3. The molecule has 21 heavy (non-hydrogen) atoms. The van der Waals surface area contributed by atoms with Gasteiger partial charge in [0.05, 0.1) is 12.5 Å². The fourth-order valence-corrected chi connectivity index (χ4v) is 2.47. The summed E-state index contributed by atoms with van der Waals surface area (Å²) in [7, 11) is 0. The van der Waals surface area contributed by atoms with Crippen molar-refractivity contribution in [2.24, 2.45) is 17.6 Å². The van der Waals surface area contributed by atoms with E-state index in [1.165, 1.54) is 0 Å². The summed E-state index contributed by atoms with van der Waals surface area (Å²) in [6, 6.07) is -0.368. The summed E-state index contributed by atoms with van der Waals surface area (Å²) in [6.45, 7) is 0.625. The molecule has 2 atom stereocenters. The number of hydrogen-bond acceptors (Lipinski definition) is 4. The second kappa shape index (κ2) is 9.17. The van der Waals surface area contributed by atoms with Crippen LogP contribution in [0.25, 0.3) is 0 Å². The molecule has 0 aromatic heterocycles. The molecule has 120 valence electrons. The van der Waals surface area contributed by atoms with Crippen molar-refractivity contribution in [3.63, 3.8) is 0 Å². The molecule has 0 bridgehead atoms. The third kappa shape index (κ3) is 6.94. The van der Waals surface area contributed by atoms with E-state index in [0.717, 1.165) is 19.3 Å². The summed E-state index contributed by atoms with van der Waals surface area (Å²) in [5.41, 5.74) is 4.89. The number of urea groups is 1. The molecule has 0 radical (unpaired) electrons. The van der Waals surface area contributed by atoms with Gasteiger partial charge in [-0.25, -0.2) is 4.79 Å². The molecule has 0 spiro atoms. The van der Waals surface area contributed by atoms with Crippen molar-refractivity contribution < 1.29 is 24.2 Å². The van der Waals surface area contributed by atoms with Crippen molar-refractivity contribution >= 4 is 17.9 Å². The van der Waals surface area contributed by atoms with Crippen molar-refractivity contribution in [3.8, 4) is 0 Å². The number of hydrogen-bond donors (Lipinski definition) is 4. The lowest BCUT2D eigenvalue weighted by molar-refractivity contribution is -0.144. The molecule has 1 aliphatic carbocycles. The Bertz CT molecular complexity index is 375. The van der Waals surface area contributed by atoms with Crippen LogP contribution in [0.3, 0.4) is 0 Å². The average molecular weight is 301 g/mol. The van der Waals surface area contributed by atoms with Gasteiger partial charge in [0, 0.05) is 13.1 Å². The maximum Gasteiger partial charge on any atom is 0.314 e. The molecule has 2 unspecified atom stereocenters. The Balaban J connectivity index is 2.16.